The lowest BCUT2D eigenvalue weighted by molar-refractivity contribution is 0.597. The molecule has 1 aromatic rings. The van der Waals surface area contributed by atoms with Crippen molar-refractivity contribution in [3.63, 3.8) is 0 Å². The van der Waals surface area contributed by atoms with Crippen LogP contribution in [0.5, 0.6) is 0 Å². The molecule has 0 unspecified atom stereocenters. The van der Waals surface area contributed by atoms with E-state index in [4.69, 9.17) is 5.84 Å². The fourth-order valence-electron chi connectivity index (χ4n) is 1.84. The first-order valence-corrected chi connectivity index (χ1v) is 8.58. The normalized spacial score (nSPS) is 15.2. The molecule has 1 fully saturated rings. The topological polar surface area (TPSA) is 110 Å². The van der Waals surface area contributed by atoms with Gasteiger partial charge >= 0.3 is 0 Å². The van der Waals surface area contributed by atoms with Gasteiger partial charge < -0.3 is 10.7 Å². The molecule has 8 heteroatoms. The number of hydrogen-bond acceptors (Lipinski definition) is 7. The second kappa shape index (κ2) is 5.92. The average molecular weight is 299 g/mol. The predicted octanol–water partition coefficient (Wildman–Crippen LogP) is 0.795. The molecule has 1 aromatic heterocycles. The van der Waals surface area contributed by atoms with Crippen LogP contribution in [0.4, 0.5) is 11.6 Å². The lowest BCUT2D eigenvalue weighted by Crippen LogP contribution is -2.20. The molecule has 2 rings (SSSR count). The Morgan fingerprint density at radius 2 is 1.95 bits per heavy atom. The molecule has 7 nitrogen and oxygen atoms in total. The Kier molecular flexibility index (Phi) is 4.44. The van der Waals surface area contributed by atoms with Crippen molar-refractivity contribution in [2.45, 2.75) is 32.6 Å². The molecule has 1 aliphatic carbocycles. The summed E-state index contributed by atoms with van der Waals surface area (Å²) in [4.78, 5) is 8.86. The van der Waals surface area contributed by atoms with Gasteiger partial charge in [-0.05, 0) is 19.8 Å². The Balaban J connectivity index is 2.11. The first kappa shape index (κ1) is 15.0. The molecule has 112 valence electrons. The molecule has 0 radical (unpaired) electrons. The lowest BCUT2D eigenvalue weighted by Gasteiger charge is -2.13. The molecule has 0 spiro atoms. The first-order chi connectivity index (χ1) is 9.46. The number of sulfone groups is 1. The van der Waals surface area contributed by atoms with Gasteiger partial charge in [0.15, 0.2) is 9.84 Å². The number of rotatable bonds is 7. The third-order valence-electron chi connectivity index (χ3n) is 3.39. The molecule has 0 atom stereocenters. The fraction of sp³-hybridized carbons (Fsp3) is 0.667. The zero-order valence-corrected chi connectivity index (χ0v) is 12.6. The van der Waals surface area contributed by atoms with Crippen molar-refractivity contribution in [2.24, 2.45) is 5.84 Å². The number of hydrazine groups is 1. The maximum absolute atomic E-state index is 11.5. The molecule has 1 saturated carbocycles. The Morgan fingerprint density at radius 3 is 2.50 bits per heavy atom. The van der Waals surface area contributed by atoms with Crippen LogP contribution in [-0.4, -0.2) is 36.4 Å². The summed E-state index contributed by atoms with van der Waals surface area (Å²) in [6.07, 6.45) is 2.19. The maximum atomic E-state index is 11.5. The molecular weight excluding hydrogens is 278 g/mol. The molecule has 0 amide bonds. The summed E-state index contributed by atoms with van der Waals surface area (Å²) in [5.74, 6) is 8.12. The summed E-state index contributed by atoms with van der Waals surface area (Å²) in [5, 5.41) is 3.08. The summed E-state index contributed by atoms with van der Waals surface area (Å²) in [5.41, 5.74) is 3.36. The maximum Gasteiger partial charge on any atom is 0.151 e. The summed E-state index contributed by atoms with van der Waals surface area (Å²) in [6.45, 7) is 3.83. The first-order valence-electron chi connectivity index (χ1n) is 6.76. The smallest absolute Gasteiger partial charge is 0.151 e. The largest absolute Gasteiger partial charge is 0.369 e. The van der Waals surface area contributed by atoms with Gasteiger partial charge in [0.2, 0.25) is 0 Å². The molecule has 0 bridgehead atoms. The molecule has 1 heterocycles. The van der Waals surface area contributed by atoms with E-state index in [0.29, 0.717) is 24.1 Å². The van der Waals surface area contributed by atoms with Crippen molar-refractivity contribution in [1.82, 2.24) is 9.97 Å². The Morgan fingerprint density at radius 1 is 1.30 bits per heavy atom. The van der Waals surface area contributed by atoms with E-state index in [1.54, 1.807) is 6.92 Å². The second-order valence-electron chi connectivity index (χ2n) is 4.99. The highest BCUT2D eigenvalue weighted by molar-refractivity contribution is 7.91. The zero-order chi connectivity index (χ0) is 14.8. The number of aromatic nitrogens is 2. The minimum absolute atomic E-state index is 0.0943. The van der Waals surface area contributed by atoms with Gasteiger partial charge in [0, 0.05) is 23.8 Å². The van der Waals surface area contributed by atoms with E-state index in [-0.39, 0.29) is 11.5 Å². The van der Waals surface area contributed by atoms with Crippen LogP contribution < -0.4 is 16.6 Å². The van der Waals surface area contributed by atoms with Crippen LogP contribution in [0, 0.1) is 6.92 Å². The van der Waals surface area contributed by atoms with E-state index in [0.717, 1.165) is 24.2 Å². The summed E-state index contributed by atoms with van der Waals surface area (Å²) in [7, 11) is -2.98. The minimum Gasteiger partial charge on any atom is -0.369 e. The van der Waals surface area contributed by atoms with Crippen molar-refractivity contribution in [2.75, 3.05) is 28.8 Å². The van der Waals surface area contributed by atoms with Gasteiger partial charge in [-0.3, -0.25) is 0 Å². The number of nitrogens with zero attached hydrogens (tertiary/aromatic N) is 2. The highest BCUT2D eigenvalue weighted by Crippen LogP contribution is 2.39. The quantitative estimate of drug-likeness (QED) is 0.504. The lowest BCUT2D eigenvalue weighted by atomic mass is 10.3. The van der Waals surface area contributed by atoms with Crippen LogP contribution in [-0.2, 0) is 9.84 Å². The van der Waals surface area contributed by atoms with Crippen LogP contribution in [0.25, 0.3) is 0 Å². The van der Waals surface area contributed by atoms with Gasteiger partial charge in [-0.25, -0.2) is 24.2 Å². The third-order valence-corrected chi connectivity index (χ3v) is 5.09. The second-order valence-corrected chi connectivity index (χ2v) is 7.46. The van der Waals surface area contributed by atoms with Crippen molar-refractivity contribution >= 4 is 21.5 Å². The molecular formula is C12H21N5O2S. The van der Waals surface area contributed by atoms with Crippen LogP contribution in [0.3, 0.4) is 0 Å². The van der Waals surface area contributed by atoms with Gasteiger partial charge in [-0.15, -0.1) is 0 Å². The number of nitrogen functional groups attached to an aromatic ring is 1. The van der Waals surface area contributed by atoms with E-state index >= 15 is 0 Å². The Hall–Kier alpha value is -1.41. The summed E-state index contributed by atoms with van der Waals surface area (Å²) >= 11 is 0. The van der Waals surface area contributed by atoms with E-state index in [9.17, 15) is 8.42 Å². The van der Waals surface area contributed by atoms with Crippen molar-refractivity contribution < 1.29 is 8.42 Å². The molecule has 1 aliphatic rings. The van der Waals surface area contributed by atoms with Gasteiger partial charge in [-0.1, -0.05) is 6.92 Å². The zero-order valence-electron chi connectivity index (χ0n) is 11.8. The Bertz CT molecular complexity index is 584. The third kappa shape index (κ3) is 3.57. The van der Waals surface area contributed by atoms with Gasteiger partial charge in [0.1, 0.15) is 17.5 Å². The average Bonchev–Trinajstić information content (AvgIpc) is 3.25. The van der Waals surface area contributed by atoms with Crippen LogP contribution in [0.2, 0.25) is 0 Å². The summed E-state index contributed by atoms with van der Waals surface area (Å²) in [6, 6.07) is 0. The van der Waals surface area contributed by atoms with E-state index < -0.39 is 9.84 Å². The molecule has 20 heavy (non-hydrogen) atoms. The summed E-state index contributed by atoms with van der Waals surface area (Å²) < 4.78 is 23.0. The highest BCUT2D eigenvalue weighted by Gasteiger charge is 2.28. The minimum atomic E-state index is -2.98. The number of anilines is 2. The van der Waals surface area contributed by atoms with E-state index in [2.05, 4.69) is 20.7 Å². The van der Waals surface area contributed by atoms with Crippen LogP contribution in [0.1, 0.15) is 37.1 Å². The van der Waals surface area contributed by atoms with Crippen LogP contribution >= 0.6 is 0 Å². The molecule has 0 aliphatic heterocycles. The predicted molar refractivity (Wildman–Crippen MR) is 79.4 cm³/mol. The van der Waals surface area contributed by atoms with Crippen molar-refractivity contribution in [3.8, 4) is 0 Å². The van der Waals surface area contributed by atoms with Gasteiger partial charge in [-0.2, -0.15) is 0 Å². The van der Waals surface area contributed by atoms with Gasteiger partial charge in [0.05, 0.1) is 5.75 Å². The number of nitrogens with one attached hydrogen (secondary N) is 2. The van der Waals surface area contributed by atoms with Crippen molar-refractivity contribution in [3.05, 3.63) is 11.4 Å². The van der Waals surface area contributed by atoms with Gasteiger partial charge in [0.25, 0.3) is 0 Å². The number of hydrogen-bond donors (Lipinski definition) is 3. The molecule has 0 saturated heterocycles. The standard InChI is InChI=1S/C12H21N5O2S/c1-3-20(18,19)7-6-14-10-8(2)11(17-13)16-12(15-10)9-4-5-9/h9H,3-7,13H2,1-2H3,(H2,14,15,16,17). The molecule has 0 aromatic carbocycles. The highest BCUT2D eigenvalue weighted by atomic mass is 32.2. The SMILES string of the molecule is CCS(=O)(=O)CCNc1nc(C2CC2)nc(NN)c1C. The molecule has 4 N–H and O–H groups in total. The Labute approximate surface area is 119 Å². The van der Waals surface area contributed by atoms with Crippen LogP contribution in [0.15, 0.2) is 0 Å². The monoisotopic (exact) mass is 299 g/mol. The van der Waals surface area contributed by atoms with E-state index in [1.807, 2.05) is 6.92 Å². The fourth-order valence-corrected chi connectivity index (χ4v) is 2.54. The van der Waals surface area contributed by atoms with E-state index in [1.165, 1.54) is 0 Å². The van der Waals surface area contributed by atoms with Crippen molar-refractivity contribution in [1.29, 1.82) is 0 Å². The number of nitrogens with two attached hydrogens (primary N) is 1.